The Balaban J connectivity index is 2.43. The Morgan fingerprint density at radius 2 is 1.95 bits per heavy atom. The molecule has 0 saturated carbocycles. The Labute approximate surface area is 127 Å². The molecule has 0 radical (unpaired) electrons. The number of carbonyl (C=O) groups is 2. The first kappa shape index (κ1) is 15.0. The molecule has 4 nitrogen and oxygen atoms in total. The number of benzene rings is 1. The van der Waals surface area contributed by atoms with Crippen LogP contribution in [0.2, 0.25) is 0 Å². The smallest absolute Gasteiger partial charge is 0.250 e. The van der Waals surface area contributed by atoms with Crippen LogP contribution in [0.1, 0.15) is 26.3 Å². The van der Waals surface area contributed by atoms with Crippen LogP contribution >= 0.6 is 15.9 Å². The van der Waals surface area contributed by atoms with E-state index < -0.39 is 12.1 Å². The van der Waals surface area contributed by atoms with Crippen molar-refractivity contribution in [2.24, 2.45) is 5.92 Å². The zero-order chi connectivity index (χ0) is 15.0. The van der Waals surface area contributed by atoms with E-state index in [-0.39, 0.29) is 17.7 Å². The SMILES string of the molecule is Cc1cc(N2C(=O)C(C(C)C)NC(=O)C2C)ccc1Br. The molecule has 2 rings (SSSR count). The molecule has 2 atom stereocenters. The average molecular weight is 339 g/mol. The molecule has 1 aromatic carbocycles. The lowest BCUT2D eigenvalue weighted by atomic mass is 9.97. The molecule has 1 saturated heterocycles. The number of aryl methyl sites for hydroxylation is 1. The second kappa shape index (κ2) is 5.56. The van der Waals surface area contributed by atoms with Crippen molar-refractivity contribution in [2.75, 3.05) is 4.90 Å². The number of hydrogen-bond donors (Lipinski definition) is 1. The van der Waals surface area contributed by atoms with Gasteiger partial charge in [0.25, 0.3) is 5.91 Å². The normalized spacial score (nSPS) is 23.2. The van der Waals surface area contributed by atoms with Gasteiger partial charge in [0.1, 0.15) is 12.1 Å². The van der Waals surface area contributed by atoms with E-state index in [9.17, 15) is 9.59 Å². The van der Waals surface area contributed by atoms with Gasteiger partial charge in [-0.2, -0.15) is 0 Å². The molecular weight excluding hydrogens is 320 g/mol. The molecule has 1 N–H and O–H groups in total. The molecule has 2 amide bonds. The largest absolute Gasteiger partial charge is 0.342 e. The van der Waals surface area contributed by atoms with Gasteiger partial charge in [0, 0.05) is 10.2 Å². The molecule has 1 aliphatic heterocycles. The maximum absolute atomic E-state index is 12.6. The molecule has 0 bridgehead atoms. The van der Waals surface area contributed by atoms with Crippen molar-refractivity contribution in [1.82, 2.24) is 5.32 Å². The maximum Gasteiger partial charge on any atom is 0.250 e. The molecule has 1 heterocycles. The van der Waals surface area contributed by atoms with E-state index >= 15 is 0 Å². The van der Waals surface area contributed by atoms with Gasteiger partial charge in [0.2, 0.25) is 5.91 Å². The molecule has 0 aliphatic carbocycles. The van der Waals surface area contributed by atoms with Crippen molar-refractivity contribution < 1.29 is 9.59 Å². The average Bonchev–Trinajstić information content (AvgIpc) is 2.38. The fourth-order valence-corrected chi connectivity index (χ4v) is 2.62. The van der Waals surface area contributed by atoms with Gasteiger partial charge < -0.3 is 5.32 Å². The van der Waals surface area contributed by atoms with E-state index in [1.54, 1.807) is 11.8 Å². The molecule has 1 fully saturated rings. The topological polar surface area (TPSA) is 49.4 Å². The first-order valence-electron chi connectivity index (χ1n) is 6.72. The van der Waals surface area contributed by atoms with Gasteiger partial charge >= 0.3 is 0 Å². The number of carbonyl (C=O) groups excluding carboxylic acids is 2. The third-order valence-electron chi connectivity index (χ3n) is 3.65. The Morgan fingerprint density at radius 3 is 2.50 bits per heavy atom. The standard InChI is InChI=1S/C15H19BrN2O2/c1-8(2)13-15(20)18(10(4)14(19)17-13)11-5-6-12(16)9(3)7-11/h5-8,10,13H,1-4H3,(H,17,19). The summed E-state index contributed by atoms with van der Waals surface area (Å²) in [5.41, 5.74) is 1.80. The van der Waals surface area contributed by atoms with Gasteiger partial charge in [-0.3, -0.25) is 14.5 Å². The first-order valence-corrected chi connectivity index (χ1v) is 7.52. The van der Waals surface area contributed by atoms with Crippen molar-refractivity contribution in [2.45, 2.75) is 39.8 Å². The molecular formula is C15H19BrN2O2. The van der Waals surface area contributed by atoms with Gasteiger partial charge in [0.05, 0.1) is 0 Å². The lowest BCUT2D eigenvalue weighted by Crippen LogP contribution is -2.64. The van der Waals surface area contributed by atoms with E-state index in [4.69, 9.17) is 0 Å². The van der Waals surface area contributed by atoms with Crippen LogP contribution in [0.4, 0.5) is 5.69 Å². The molecule has 1 aromatic rings. The lowest BCUT2D eigenvalue weighted by molar-refractivity contribution is -0.134. The number of amides is 2. The third kappa shape index (κ3) is 2.59. The van der Waals surface area contributed by atoms with Crippen LogP contribution in [0.3, 0.4) is 0 Å². The van der Waals surface area contributed by atoms with E-state index in [2.05, 4.69) is 21.2 Å². The summed E-state index contributed by atoms with van der Waals surface area (Å²) in [4.78, 5) is 26.3. The number of nitrogens with one attached hydrogen (secondary N) is 1. The monoisotopic (exact) mass is 338 g/mol. The quantitative estimate of drug-likeness (QED) is 0.901. The molecule has 20 heavy (non-hydrogen) atoms. The molecule has 2 unspecified atom stereocenters. The van der Waals surface area contributed by atoms with Crippen molar-refractivity contribution >= 4 is 33.4 Å². The molecule has 0 aromatic heterocycles. The molecule has 5 heteroatoms. The summed E-state index contributed by atoms with van der Waals surface area (Å²) >= 11 is 3.45. The number of halogens is 1. The molecule has 108 valence electrons. The highest BCUT2D eigenvalue weighted by molar-refractivity contribution is 9.10. The minimum Gasteiger partial charge on any atom is -0.342 e. The van der Waals surface area contributed by atoms with Gasteiger partial charge in [0.15, 0.2) is 0 Å². The van der Waals surface area contributed by atoms with E-state index in [1.807, 2.05) is 39.0 Å². The van der Waals surface area contributed by atoms with E-state index in [0.29, 0.717) is 0 Å². The van der Waals surface area contributed by atoms with Crippen LogP contribution in [-0.2, 0) is 9.59 Å². The van der Waals surface area contributed by atoms with Gasteiger partial charge in [-0.25, -0.2) is 0 Å². The summed E-state index contributed by atoms with van der Waals surface area (Å²) in [5, 5.41) is 2.80. The van der Waals surface area contributed by atoms with Gasteiger partial charge in [-0.1, -0.05) is 29.8 Å². The van der Waals surface area contributed by atoms with Gasteiger partial charge in [-0.15, -0.1) is 0 Å². The lowest BCUT2D eigenvalue weighted by Gasteiger charge is -2.39. The number of piperazine rings is 1. The van der Waals surface area contributed by atoms with Crippen molar-refractivity contribution in [3.8, 4) is 0 Å². The highest BCUT2D eigenvalue weighted by Crippen LogP contribution is 2.27. The molecule has 0 spiro atoms. The van der Waals surface area contributed by atoms with E-state index in [1.165, 1.54) is 0 Å². The van der Waals surface area contributed by atoms with Crippen LogP contribution in [-0.4, -0.2) is 23.9 Å². The van der Waals surface area contributed by atoms with Crippen molar-refractivity contribution in [3.05, 3.63) is 28.2 Å². The second-order valence-electron chi connectivity index (χ2n) is 5.55. The van der Waals surface area contributed by atoms with E-state index in [0.717, 1.165) is 15.7 Å². The van der Waals surface area contributed by atoms with Crippen LogP contribution < -0.4 is 10.2 Å². The summed E-state index contributed by atoms with van der Waals surface area (Å²) in [7, 11) is 0. The van der Waals surface area contributed by atoms with Crippen LogP contribution in [0.15, 0.2) is 22.7 Å². The summed E-state index contributed by atoms with van der Waals surface area (Å²) in [6.07, 6.45) is 0. The Hall–Kier alpha value is -1.36. The number of rotatable bonds is 2. The van der Waals surface area contributed by atoms with Crippen molar-refractivity contribution in [1.29, 1.82) is 0 Å². The fraction of sp³-hybridized carbons (Fsp3) is 0.467. The fourth-order valence-electron chi connectivity index (χ4n) is 2.37. The third-order valence-corrected chi connectivity index (χ3v) is 4.54. The summed E-state index contributed by atoms with van der Waals surface area (Å²) in [6.45, 7) is 7.58. The molecule has 1 aliphatic rings. The first-order chi connectivity index (χ1) is 9.32. The Bertz CT molecular complexity index is 557. The predicted molar refractivity (Wildman–Crippen MR) is 82.6 cm³/mol. The zero-order valence-corrected chi connectivity index (χ0v) is 13.7. The second-order valence-corrected chi connectivity index (χ2v) is 6.40. The van der Waals surface area contributed by atoms with Gasteiger partial charge in [-0.05, 0) is 43.5 Å². The Morgan fingerprint density at radius 1 is 1.30 bits per heavy atom. The highest BCUT2D eigenvalue weighted by Gasteiger charge is 2.40. The summed E-state index contributed by atoms with van der Waals surface area (Å²) < 4.78 is 0.989. The zero-order valence-electron chi connectivity index (χ0n) is 12.1. The number of hydrogen-bond acceptors (Lipinski definition) is 2. The van der Waals surface area contributed by atoms with Crippen LogP contribution in [0, 0.1) is 12.8 Å². The summed E-state index contributed by atoms with van der Waals surface area (Å²) in [5.74, 6) is -0.0873. The number of anilines is 1. The number of nitrogens with zero attached hydrogens (tertiary/aromatic N) is 1. The summed E-state index contributed by atoms with van der Waals surface area (Å²) in [6, 6.07) is 4.75. The minimum atomic E-state index is -0.488. The maximum atomic E-state index is 12.6. The predicted octanol–water partition coefficient (Wildman–Crippen LogP) is 2.63. The minimum absolute atomic E-state index is 0.0474. The van der Waals surface area contributed by atoms with Crippen LogP contribution in [0.5, 0.6) is 0 Å². The van der Waals surface area contributed by atoms with Crippen LogP contribution in [0.25, 0.3) is 0 Å². The Kier molecular flexibility index (Phi) is 4.18. The van der Waals surface area contributed by atoms with Crippen molar-refractivity contribution in [3.63, 3.8) is 0 Å². The highest BCUT2D eigenvalue weighted by atomic mass is 79.9.